The van der Waals surface area contributed by atoms with Crippen LogP contribution in [0.5, 0.6) is 0 Å². The van der Waals surface area contributed by atoms with E-state index in [-0.39, 0.29) is 5.56 Å². The van der Waals surface area contributed by atoms with Gasteiger partial charge in [-0.1, -0.05) is 0 Å². The fourth-order valence-corrected chi connectivity index (χ4v) is 1.54. The molecule has 0 fully saturated rings. The Morgan fingerprint density at radius 2 is 2.29 bits per heavy atom. The first kappa shape index (κ1) is 8.68. The number of pyridine rings is 1. The molecule has 0 aliphatic rings. The van der Waals surface area contributed by atoms with Crippen LogP contribution in [0.4, 0.5) is 0 Å². The molecule has 0 aliphatic carbocycles. The maximum Gasteiger partial charge on any atom is 0.338 e. The minimum atomic E-state index is -0.958. The Morgan fingerprint density at radius 1 is 1.57 bits per heavy atom. The topological polar surface area (TPSA) is 68.0 Å². The summed E-state index contributed by atoms with van der Waals surface area (Å²) in [6, 6.07) is 1.48. The third-order valence-corrected chi connectivity index (χ3v) is 2.12. The second-order valence-electron chi connectivity index (χ2n) is 3.07. The average molecular weight is 191 g/mol. The van der Waals surface area contributed by atoms with Crippen molar-refractivity contribution in [3.05, 3.63) is 23.5 Å². The van der Waals surface area contributed by atoms with Gasteiger partial charge in [-0.3, -0.25) is 9.67 Å². The molecule has 0 unspecified atom stereocenters. The molecule has 0 aromatic carbocycles. The SMILES string of the molecule is Cc1nn(C)c2c(C(=O)O)ccnc12. The lowest BCUT2D eigenvalue weighted by Crippen LogP contribution is -2.01. The van der Waals surface area contributed by atoms with E-state index in [9.17, 15) is 4.79 Å². The predicted octanol–water partition coefficient (Wildman–Crippen LogP) is 0.975. The number of hydrogen-bond acceptors (Lipinski definition) is 3. The number of aromatic nitrogens is 3. The van der Waals surface area contributed by atoms with Gasteiger partial charge in [-0.25, -0.2) is 4.79 Å². The van der Waals surface area contributed by atoms with E-state index >= 15 is 0 Å². The molecule has 2 aromatic heterocycles. The highest BCUT2D eigenvalue weighted by atomic mass is 16.4. The van der Waals surface area contributed by atoms with Gasteiger partial charge in [0.15, 0.2) is 0 Å². The van der Waals surface area contributed by atoms with Gasteiger partial charge in [0.05, 0.1) is 11.3 Å². The molecule has 0 amide bonds. The summed E-state index contributed by atoms with van der Waals surface area (Å²) < 4.78 is 1.54. The smallest absolute Gasteiger partial charge is 0.338 e. The summed E-state index contributed by atoms with van der Waals surface area (Å²) in [5, 5.41) is 13.1. The Kier molecular flexibility index (Phi) is 1.73. The number of nitrogens with zero attached hydrogens (tertiary/aromatic N) is 3. The average Bonchev–Trinajstić information content (AvgIpc) is 2.43. The van der Waals surface area contributed by atoms with E-state index in [1.54, 1.807) is 18.7 Å². The molecule has 0 atom stereocenters. The molecule has 0 saturated heterocycles. The maximum absolute atomic E-state index is 10.9. The summed E-state index contributed by atoms with van der Waals surface area (Å²) in [5.41, 5.74) is 2.19. The summed E-state index contributed by atoms with van der Waals surface area (Å²) in [6.07, 6.45) is 1.49. The molecule has 2 aromatic rings. The number of aryl methyl sites for hydroxylation is 2. The second-order valence-corrected chi connectivity index (χ2v) is 3.07. The first-order valence-electron chi connectivity index (χ1n) is 4.13. The van der Waals surface area contributed by atoms with Crippen molar-refractivity contribution < 1.29 is 9.90 Å². The zero-order valence-corrected chi connectivity index (χ0v) is 7.85. The van der Waals surface area contributed by atoms with E-state index in [1.807, 2.05) is 0 Å². The van der Waals surface area contributed by atoms with Crippen LogP contribution >= 0.6 is 0 Å². The minimum absolute atomic E-state index is 0.234. The van der Waals surface area contributed by atoms with Gasteiger partial charge in [-0.05, 0) is 13.0 Å². The predicted molar refractivity (Wildman–Crippen MR) is 50.2 cm³/mol. The molecule has 0 bridgehead atoms. The fourth-order valence-electron chi connectivity index (χ4n) is 1.54. The van der Waals surface area contributed by atoms with Gasteiger partial charge in [-0.2, -0.15) is 5.10 Å². The van der Waals surface area contributed by atoms with Crippen molar-refractivity contribution in [2.75, 3.05) is 0 Å². The summed E-state index contributed by atoms with van der Waals surface area (Å²) in [6.45, 7) is 1.81. The van der Waals surface area contributed by atoms with Gasteiger partial charge in [0.1, 0.15) is 11.0 Å². The van der Waals surface area contributed by atoms with Gasteiger partial charge in [-0.15, -0.1) is 0 Å². The summed E-state index contributed by atoms with van der Waals surface area (Å²) in [5.74, 6) is -0.958. The molecule has 0 radical (unpaired) electrons. The number of rotatable bonds is 1. The zero-order chi connectivity index (χ0) is 10.3. The van der Waals surface area contributed by atoms with Gasteiger partial charge in [0.25, 0.3) is 0 Å². The molecule has 1 N–H and O–H groups in total. The summed E-state index contributed by atoms with van der Waals surface area (Å²) in [4.78, 5) is 15.0. The number of carboxylic acid groups (broad SMARTS) is 1. The third kappa shape index (κ3) is 1.06. The number of aromatic carboxylic acids is 1. The molecule has 0 spiro atoms. The van der Waals surface area contributed by atoms with Crippen molar-refractivity contribution in [2.45, 2.75) is 6.92 Å². The lowest BCUT2D eigenvalue weighted by Gasteiger charge is -1.98. The molecular weight excluding hydrogens is 182 g/mol. The van der Waals surface area contributed by atoms with Crippen LogP contribution in [-0.2, 0) is 7.05 Å². The Balaban J connectivity index is 2.92. The van der Waals surface area contributed by atoms with Crippen LogP contribution < -0.4 is 0 Å². The van der Waals surface area contributed by atoms with E-state index in [0.29, 0.717) is 11.0 Å². The number of hydrogen-bond donors (Lipinski definition) is 1. The fraction of sp³-hybridized carbons (Fsp3) is 0.222. The van der Waals surface area contributed by atoms with Crippen LogP contribution in [0.1, 0.15) is 16.1 Å². The van der Waals surface area contributed by atoms with Crippen molar-refractivity contribution >= 4 is 17.0 Å². The van der Waals surface area contributed by atoms with E-state index in [0.717, 1.165) is 5.69 Å². The lowest BCUT2D eigenvalue weighted by atomic mass is 10.2. The Morgan fingerprint density at radius 3 is 2.93 bits per heavy atom. The molecule has 0 aliphatic heterocycles. The normalized spacial score (nSPS) is 10.7. The van der Waals surface area contributed by atoms with Crippen LogP contribution in [0.3, 0.4) is 0 Å². The number of fused-ring (bicyclic) bond motifs is 1. The van der Waals surface area contributed by atoms with Crippen LogP contribution in [0.2, 0.25) is 0 Å². The van der Waals surface area contributed by atoms with E-state index in [2.05, 4.69) is 10.1 Å². The van der Waals surface area contributed by atoms with E-state index in [4.69, 9.17) is 5.11 Å². The third-order valence-electron chi connectivity index (χ3n) is 2.12. The molecule has 72 valence electrons. The van der Waals surface area contributed by atoms with Gasteiger partial charge < -0.3 is 5.11 Å². The first-order chi connectivity index (χ1) is 6.61. The first-order valence-corrected chi connectivity index (χ1v) is 4.13. The van der Waals surface area contributed by atoms with Crippen LogP contribution in [0.25, 0.3) is 11.0 Å². The van der Waals surface area contributed by atoms with Gasteiger partial charge in [0.2, 0.25) is 0 Å². The summed E-state index contributed by atoms with van der Waals surface area (Å²) >= 11 is 0. The molecule has 0 saturated carbocycles. The van der Waals surface area contributed by atoms with Crippen molar-refractivity contribution in [1.29, 1.82) is 0 Å². The molecule has 2 heterocycles. The maximum atomic E-state index is 10.9. The Bertz CT molecular complexity index is 516. The standard InChI is InChI=1S/C9H9N3O2/c1-5-7-8(12(2)11-5)6(9(13)14)3-4-10-7/h3-4H,1-2H3,(H,13,14). The quantitative estimate of drug-likeness (QED) is 0.729. The van der Waals surface area contributed by atoms with E-state index < -0.39 is 5.97 Å². The highest BCUT2D eigenvalue weighted by molar-refractivity contribution is 6.01. The molecule has 5 heteroatoms. The monoisotopic (exact) mass is 191 g/mol. The van der Waals surface area contributed by atoms with Crippen molar-refractivity contribution in [3.63, 3.8) is 0 Å². The highest BCUT2D eigenvalue weighted by Crippen LogP contribution is 2.18. The highest BCUT2D eigenvalue weighted by Gasteiger charge is 2.14. The van der Waals surface area contributed by atoms with Crippen molar-refractivity contribution in [3.8, 4) is 0 Å². The van der Waals surface area contributed by atoms with Crippen LogP contribution in [0, 0.1) is 6.92 Å². The van der Waals surface area contributed by atoms with Crippen LogP contribution in [0.15, 0.2) is 12.3 Å². The largest absolute Gasteiger partial charge is 0.478 e. The summed E-state index contributed by atoms with van der Waals surface area (Å²) in [7, 11) is 1.71. The van der Waals surface area contributed by atoms with Gasteiger partial charge in [0, 0.05) is 13.2 Å². The number of carboxylic acids is 1. The van der Waals surface area contributed by atoms with Crippen molar-refractivity contribution in [2.24, 2.45) is 7.05 Å². The molecule has 5 nitrogen and oxygen atoms in total. The Hall–Kier alpha value is -1.91. The van der Waals surface area contributed by atoms with E-state index in [1.165, 1.54) is 12.3 Å². The second kappa shape index (κ2) is 2.80. The molecule has 2 rings (SSSR count). The zero-order valence-electron chi connectivity index (χ0n) is 7.85. The molecular formula is C9H9N3O2. The minimum Gasteiger partial charge on any atom is -0.478 e. The lowest BCUT2D eigenvalue weighted by molar-refractivity contribution is 0.0698. The Labute approximate surface area is 80.0 Å². The van der Waals surface area contributed by atoms with Gasteiger partial charge >= 0.3 is 5.97 Å². The van der Waals surface area contributed by atoms with Crippen LogP contribution in [-0.4, -0.2) is 25.8 Å². The molecule has 14 heavy (non-hydrogen) atoms. The number of carbonyl (C=O) groups is 1. The van der Waals surface area contributed by atoms with Crippen molar-refractivity contribution in [1.82, 2.24) is 14.8 Å².